The molecule has 2 N–H and O–H groups in total. The summed E-state index contributed by atoms with van der Waals surface area (Å²) < 4.78 is 15.8. The normalized spacial score (nSPS) is 11.2. The number of hydrogen-bond donors (Lipinski definition) is 2. The highest BCUT2D eigenvalue weighted by molar-refractivity contribution is 9.10. The van der Waals surface area contributed by atoms with Crippen LogP contribution >= 0.6 is 15.9 Å². The number of aromatic amines is 1. The first-order valence-electron chi connectivity index (χ1n) is 9.94. The number of halogens is 2. The van der Waals surface area contributed by atoms with Gasteiger partial charge in [0.25, 0.3) is 0 Å². The monoisotopic (exact) mass is 505 g/mol. The number of nitrogens with zero attached hydrogens (tertiary/aromatic N) is 4. The third-order valence-corrected chi connectivity index (χ3v) is 5.70. The predicted octanol–water partition coefficient (Wildman–Crippen LogP) is 3.63. The molecule has 2 amide bonds. The molecular weight excluding hydrogens is 481 g/mol. The molecule has 0 spiro atoms. The van der Waals surface area contributed by atoms with Crippen LogP contribution in [-0.2, 0) is 11.3 Å². The molecule has 1 heterocycles. The van der Waals surface area contributed by atoms with E-state index in [0.717, 1.165) is 25.8 Å². The molecular formula is C22H25BrFN5O3. The van der Waals surface area contributed by atoms with E-state index in [2.05, 4.69) is 26.1 Å². The van der Waals surface area contributed by atoms with Crippen LogP contribution in [-0.4, -0.2) is 82.8 Å². The maximum Gasteiger partial charge on any atom is 0.407 e. The van der Waals surface area contributed by atoms with Gasteiger partial charge in [-0.3, -0.25) is 9.89 Å². The van der Waals surface area contributed by atoms with Crippen molar-refractivity contribution in [3.05, 3.63) is 52.3 Å². The van der Waals surface area contributed by atoms with E-state index < -0.39 is 6.09 Å². The molecule has 0 atom stereocenters. The van der Waals surface area contributed by atoms with Crippen LogP contribution in [0.4, 0.5) is 9.18 Å². The second kappa shape index (κ2) is 10.1. The highest BCUT2D eigenvalue weighted by Crippen LogP contribution is 2.30. The summed E-state index contributed by atoms with van der Waals surface area (Å²) in [5.41, 5.74) is 2.62. The van der Waals surface area contributed by atoms with Crippen molar-refractivity contribution < 1.29 is 19.1 Å². The van der Waals surface area contributed by atoms with Crippen molar-refractivity contribution in [2.24, 2.45) is 0 Å². The number of benzene rings is 2. The zero-order chi connectivity index (χ0) is 23.4. The van der Waals surface area contributed by atoms with Gasteiger partial charge in [0.15, 0.2) is 0 Å². The number of H-pyrrole nitrogens is 1. The Labute approximate surface area is 193 Å². The molecule has 3 rings (SSSR count). The van der Waals surface area contributed by atoms with Crippen molar-refractivity contribution in [1.29, 1.82) is 0 Å². The van der Waals surface area contributed by atoms with Crippen molar-refractivity contribution in [3.8, 4) is 11.3 Å². The maximum atomic E-state index is 14.9. The van der Waals surface area contributed by atoms with Crippen LogP contribution in [0.5, 0.6) is 0 Å². The van der Waals surface area contributed by atoms with Crippen molar-refractivity contribution >= 4 is 38.8 Å². The lowest BCUT2D eigenvalue weighted by Crippen LogP contribution is -2.41. The Kier molecular flexibility index (Phi) is 7.47. The lowest BCUT2D eigenvalue weighted by atomic mass is 10.0. The molecule has 1 aromatic heterocycles. The van der Waals surface area contributed by atoms with Gasteiger partial charge in [-0.05, 0) is 42.9 Å². The zero-order valence-corrected chi connectivity index (χ0v) is 19.7. The number of aromatic nitrogens is 2. The van der Waals surface area contributed by atoms with Crippen molar-refractivity contribution in [2.75, 3.05) is 40.8 Å². The second-order valence-electron chi connectivity index (χ2n) is 7.77. The fourth-order valence-corrected chi connectivity index (χ4v) is 3.63. The van der Waals surface area contributed by atoms with E-state index in [4.69, 9.17) is 5.11 Å². The van der Waals surface area contributed by atoms with Crippen LogP contribution in [0.3, 0.4) is 0 Å². The van der Waals surface area contributed by atoms with E-state index >= 15 is 0 Å². The summed E-state index contributed by atoms with van der Waals surface area (Å²) >= 11 is 3.42. The average Bonchev–Trinajstić information content (AvgIpc) is 3.14. The number of hydrogen-bond acceptors (Lipinski definition) is 4. The summed E-state index contributed by atoms with van der Waals surface area (Å²) in [5.74, 6) is -0.631. The third kappa shape index (κ3) is 5.63. The van der Waals surface area contributed by atoms with Crippen LogP contribution in [0.15, 0.2) is 40.9 Å². The van der Waals surface area contributed by atoms with Crippen LogP contribution < -0.4 is 0 Å². The molecule has 0 saturated carbocycles. The molecule has 0 aliphatic heterocycles. The fraction of sp³-hybridized carbons (Fsp3) is 0.318. The van der Waals surface area contributed by atoms with Gasteiger partial charge in [-0.15, -0.1) is 0 Å². The number of carbonyl (C=O) groups is 2. The molecule has 8 nitrogen and oxygen atoms in total. The Hall–Kier alpha value is -2.98. The number of rotatable bonds is 8. The number of carbonyl (C=O) groups excluding carboxylic acids is 1. The summed E-state index contributed by atoms with van der Waals surface area (Å²) in [5, 5.41) is 16.9. The van der Waals surface area contributed by atoms with Gasteiger partial charge < -0.3 is 19.8 Å². The number of carboxylic acid groups (broad SMARTS) is 1. The summed E-state index contributed by atoms with van der Waals surface area (Å²) in [4.78, 5) is 27.3. The minimum atomic E-state index is -1.15. The van der Waals surface area contributed by atoms with Gasteiger partial charge in [0.1, 0.15) is 18.1 Å². The SMILES string of the molecule is CN(CCN(C)C(=O)CN(C)C(=O)O)Cc1ccc(-c2n[nH]c3cc(Br)ccc23)c(F)c1. The van der Waals surface area contributed by atoms with Crippen molar-refractivity contribution in [2.45, 2.75) is 6.54 Å². The molecule has 170 valence electrons. The first-order chi connectivity index (χ1) is 15.2. The van der Waals surface area contributed by atoms with Gasteiger partial charge in [0.05, 0.1) is 5.52 Å². The quantitative estimate of drug-likeness (QED) is 0.487. The minimum absolute atomic E-state index is 0.193. The van der Waals surface area contributed by atoms with Crippen LogP contribution in [0.25, 0.3) is 22.2 Å². The van der Waals surface area contributed by atoms with E-state index in [-0.39, 0.29) is 18.3 Å². The lowest BCUT2D eigenvalue weighted by molar-refractivity contribution is -0.130. The molecule has 2 aromatic carbocycles. The molecule has 0 fully saturated rings. The van der Waals surface area contributed by atoms with Crippen molar-refractivity contribution in [3.63, 3.8) is 0 Å². The summed E-state index contributed by atoms with van der Waals surface area (Å²) in [6, 6.07) is 10.8. The molecule has 0 aliphatic carbocycles. The summed E-state index contributed by atoms with van der Waals surface area (Å²) in [7, 11) is 4.86. The van der Waals surface area contributed by atoms with E-state index in [9.17, 15) is 14.0 Å². The zero-order valence-electron chi connectivity index (χ0n) is 18.1. The van der Waals surface area contributed by atoms with E-state index in [1.165, 1.54) is 18.0 Å². The van der Waals surface area contributed by atoms with Gasteiger partial charge in [-0.2, -0.15) is 5.10 Å². The highest BCUT2D eigenvalue weighted by atomic mass is 79.9. The maximum absolute atomic E-state index is 14.9. The number of likely N-dealkylation sites (N-methyl/N-ethyl adjacent to an activating group) is 3. The van der Waals surface area contributed by atoms with Crippen LogP contribution in [0, 0.1) is 5.82 Å². The number of nitrogens with one attached hydrogen (secondary N) is 1. The summed E-state index contributed by atoms with van der Waals surface area (Å²) in [6.45, 7) is 1.29. The number of amides is 2. The number of fused-ring (bicyclic) bond motifs is 1. The van der Waals surface area contributed by atoms with Gasteiger partial charge >= 0.3 is 6.09 Å². The third-order valence-electron chi connectivity index (χ3n) is 5.21. The predicted molar refractivity (Wildman–Crippen MR) is 124 cm³/mol. The Morgan fingerprint density at radius 3 is 2.53 bits per heavy atom. The topological polar surface area (TPSA) is 92.8 Å². The standard InChI is InChI=1S/C22H25BrFN5O3/c1-27(8-9-28(2)20(30)13-29(3)22(31)32)12-14-4-6-16(18(24)10-14)21-17-7-5-15(23)11-19(17)25-26-21/h4-7,10-11H,8-9,12-13H2,1-3H3,(H,25,26)(H,31,32). The van der Waals surface area contributed by atoms with E-state index in [0.29, 0.717) is 30.9 Å². The van der Waals surface area contributed by atoms with Gasteiger partial charge in [-0.25, -0.2) is 9.18 Å². The first-order valence-corrected chi connectivity index (χ1v) is 10.7. The molecule has 10 heteroatoms. The Morgan fingerprint density at radius 2 is 1.84 bits per heavy atom. The lowest BCUT2D eigenvalue weighted by Gasteiger charge is -2.24. The molecule has 0 unspecified atom stereocenters. The first kappa shape index (κ1) is 23.7. The van der Waals surface area contributed by atoms with E-state index in [1.807, 2.05) is 36.2 Å². The Balaban J connectivity index is 1.60. The van der Waals surface area contributed by atoms with Gasteiger partial charge in [0.2, 0.25) is 5.91 Å². The molecule has 32 heavy (non-hydrogen) atoms. The highest BCUT2D eigenvalue weighted by Gasteiger charge is 2.16. The van der Waals surface area contributed by atoms with Crippen LogP contribution in [0.1, 0.15) is 5.56 Å². The van der Waals surface area contributed by atoms with Gasteiger partial charge in [-0.1, -0.05) is 22.0 Å². The van der Waals surface area contributed by atoms with Crippen LogP contribution in [0.2, 0.25) is 0 Å². The summed E-state index contributed by atoms with van der Waals surface area (Å²) in [6.07, 6.45) is -1.15. The Bertz CT molecular complexity index is 1140. The second-order valence-corrected chi connectivity index (χ2v) is 8.68. The Morgan fingerprint density at radius 1 is 1.09 bits per heavy atom. The molecule has 0 radical (unpaired) electrons. The molecule has 3 aromatic rings. The fourth-order valence-electron chi connectivity index (χ4n) is 3.27. The minimum Gasteiger partial charge on any atom is -0.465 e. The molecule has 0 bridgehead atoms. The smallest absolute Gasteiger partial charge is 0.407 e. The molecule has 0 aliphatic rings. The average molecular weight is 506 g/mol. The van der Waals surface area contributed by atoms with E-state index in [1.54, 1.807) is 13.1 Å². The largest absolute Gasteiger partial charge is 0.465 e. The van der Waals surface area contributed by atoms with Gasteiger partial charge in [0, 0.05) is 49.2 Å². The van der Waals surface area contributed by atoms with Crippen molar-refractivity contribution in [1.82, 2.24) is 24.9 Å². The molecule has 0 saturated heterocycles.